The van der Waals surface area contributed by atoms with Gasteiger partial charge in [-0.05, 0) is 25.0 Å². The van der Waals surface area contributed by atoms with Crippen molar-refractivity contribution < 1.29 is 0 Å². The summed E-state index contributed by atoms with van der Waals surface area (Å²) in [7, 11) is 0. The largest absolute Gasteiger partial charge is 0.365 e. The van der Waals surface area contributed by atoms with E-state index in [1.807, 2.05) is 6.20 Å². The standard InChI is InChI=1S/C22H41N/c1-2-3-4-5-6-7-8-9-10-11-12-13-14-15-16-17-19-22-20-18-21-23-22/h18,20-21,23H,2-17,19H2,1H3. The minimum Gasteiger partial charge on any atom is -0.365 e. The van der Waals surface area contributed by atoms with E-state index in [2.05, 4.69) is 24.0 Å². The molecule has 134 valence electrons. The van der Waals surface area contributed by atoms with Gasteiger partial charge in [-0.1, -0.05) is 103 Å². The highest BCUT2D eigenvalue weighted by atomic mass is 14.7. The molecule has 0 radical (unpaired) electrons. The molecule has 1 heterocycles. The van der Waals surface area contributed by atoms with Gasteiger partial charge in [-0.25, -0.2) is 0 Å². The van der Waals surface area contributed by atoms with Crippen molar-refractivity contribution in [3.63, 3.8) is 0 Å². The highest BCUT2D eigenvalue weighted by molar-refractivity contribution is 5.03. The fraction of sp³-hybridized carbons (Fsp3) is 0.818. The third-order valence-electron chi connectivity index (χ3n) is 4.96. The Morgan fingerprint density at radius 2 is 1.04 bits per heavy atom. The maximum Gasteiger partial charge on any atom is 0.0147 e. The smallest absolute Gasteiger partial charge is 0.0147 e. The van der Waals surface area contributed by atoms with Crippen LogP contribution in [0.3, 0.4) is 0 Å². The monoisotopic (exact) mass is 319 g/mol. The van der Waals surface area contributed by atoms with E-state index in [1.165, 1.54) is 115 Å². The zero-order valence-electron chi connectivity index (χ0n) is 15.8. The first-order valence-electron chi connectivity index (χ1n) is 10.6. The second kappa shape index (κ2) is 16.1. The lowest BCUT2D eigenvalue weighted by Gasteiger charge is -2.03. The number of aromatic amines is 1. The molecule has 1 aromatic rings. The van der Waals surface area contributed by atoms with Gasteiger partial charge in [-0.2, -0.15) is 0 Å². The van der Waals surface area contributed by atoms with E-state index >= 15 is 0 Å². The summed E-state index contributed by atoms with van der Waals surface area (Å²) >= 11 is 0. The first kappa shape index (κ1) is 20.3. The van der Waals surface area contributed by atoms with E-state index < -0.39 is 0 Å². The summed E-state index contributed by atoms with van der Waals surface area (Å²) in [5.74, 6) is 0. The Morgan fingerprint density at radius 3 is 1.43 bits per heavy atom. The summed E-state index contributed by atoms with van der Waals surface area (Å²) in [6.07, 6.45) is 26.4. The van der Waals surface area contributed by atoms with Crippen LogP contribution in [-0.4, -0.2) is 4.98 Å². The van der Waals surface area contributed by atoms with Gasteiger partial charge in [-0.3, -0.25) is 0 Å². The summed E-state index contributed by atoms with van der Waals surface area (Å²) < 4.78 is 0. The van der Waals surface area contributed by atoms with Crippen molar-refractivity contribution >= 4 is 0 Å². The predicted octanol–water partition coefficient (Wildman–Crippen LogP) is 7.82. The second-order valence-electron chi connectivity index (χ2n) is 7.25. The summed E-state index contributed by atoms with van der Waals surface area (Å²) in [5.41, 5.74) is 1.40. The van der Waals surface area contributed by atoms with Gasteiger partial charge in [0, 0.05) is 11.9 Å². The summed E-state index contributed by atoms with van der Waals surface area (Å²) in [4.78, 5) is 3.29. The van der Waals surface area contributed by atoms with E-state index in [0.717, 1.165) is 0 Å². The lowest BCUT2D eigenvalue weighted by molar-refractivity contribution is 0.529. The van der Waals surface area contributed by atoms with Crippen molar-refractivity contribution in [2.75, 3.05) is 0 Å². The third-order valence-corrected chi connectivity index (χ3v) is 4.96. The number of nitrogens with one attached hydrogen (secondary N) is 1. The number of rotatable bonds is 17. The Balaban J connectivity index is 1.67. The van der Waals surface area contributed by atoms with Crippen molar-refractivity contribution in [2.45, 2.75) is 116 Å². The van der Waals surface area contributed by atoms with Gasteiger partial charge in [0.05, 0.1) is 0 Å². The molecule has 0 atom stereocenters. The van der Waals surface area contributed by atoms with Crippen LogP contribution in [0.25, 0.3) is 0 Å². The van der Waals surface area contributed by atoms with E-state index in [1.54, 1.807) is 0 Å². The van der Waals surface area contributed by atoms with Crippen molar-refractivity contribution in [1.82, 2.24) is 4.98 Å². The minimum atomic E-state index is 1.23. The van der Waals surface area contributed by atoms with Crippen LogP contribution in [-0.2, 0) is 6.42 Å². The molecule has 1 rings (SSSR count). The normalized spacial score (nSPS) is 11.2. The van der Waals surface area contributed by atoms with Crippen molar-refractivity contribution in [2.24, 2.45) is 0 Å². The summed E-state index contributed by atoms with van der Waals surface area (Å²) in [5, 5.41) is 0. The molecule has 1 N–H and O–H groups in total. The molecule has 0 fully saturated rings. The first-order valence-corrected chi connectivity index (χ1v) is 10.6. The Bertz CT molecular complexity index is 315. The van der Waals surface area contributed by atoms with Crippen LogP contribution in [0, 0.1) is 0 Å². The minimum absolute atomic E-state index is 1.23. The number of unbranched alkanes of at least 4 members (excludes halogenated alkanes) is 15. The molecule has 0 amide bonds. The van der Waals surface area contributed by atoms with Gasteiger partial charge in [0.15, 0.2) is 0 Å². The Morgan fingerprint density at radius 1 is 0.609 bits per heavy atom. The molecule has 0 aromatic carbocycles. The highest BCUT2D eigenvalue weighted by Gasteiger charge is 1.95. The fourth-order valence-corrected chi connectivity index (χ4v) is 3.39. The number of hydrogen-bond donors (Lipinski definition) is 1. The lowest BCUT2D eigenvalue weighted by atomic mass is 10.0. The van der Waals surface area contributed by atoms with E-state index in [4.69, 9.17) is 0 Å². The topological polar surface area (TPSA) is 15.8 Å². The molecule has 23 heavy (non-hydrogen) atoms. The first-order chi connectivity index (χ1) is 11.4. The quantitative estimate of drug-likeness (QED) is 0.282. The summed E-state index contributed by atoms with van der Waals surface area (Å²) in [6.45, 7) is 2.30. The highest BCUT2D eigenvalue weighted by Crippen LogP contribution is 2.14. The second-order valence-corrected chi connectivity index (χ2v) is 7.25. The van der Waals surface area contributed by atoms with Crippen LogP contribution in [0.15, 0.2) is 18.3 Å². The molecule has 1 heteroatoms. The lowest BCUT2D eigenvalue weighted by Crippen LogP contribution is -1.86. The molecule has 0 aliphatic heterocycles. The zero-order valence-corrected chi connectivity index (χ0v) is 15.8. The van der Waals surface area contributed by atoms with Crippen LogP contribution >= 0.6 is 0 Å². The Hall–Kier alpha value is -0.720. The number of hydrogen-bond acceptors (Lipinski definition) is 0. The Kier molecular flexibility index (Phi) is 14.3. The van der Waals surface area contributed by atoms with Crippen molar-refractivity contribution in [3.8, 4) is 0 Å². The van der Waals surface area contributed by atoms with Gasteiger partial charge in [-0.15, -0.1) is 0 Å². The van der Waals surface area contributed by atoms with Crippen LogP contribution in [0.4, 0.5) is 0 Å². The van der Waals surface area contributed by atoms with Crippen LogP contribution in [0.5, 0.6) is 0 Å². The maximum atomic E-state index is 3.29. The number of aryl methyl sites for hydroxylation is 1. The average molecular weight is 320 g/mol. The number of H-pyrrole nitrogens is 1. The van der Waals surface area contributed by atoms with Crippen LogP contribution < -0.4 is 0 Å². The average Bonchev–Trinajstić information content (AvgIpc) is 3.08. The SMILES string of the molecule is CCCCCCCCCCCCCCCCCCc1ccc[nH]1. The van der Waals surface area contributed by atoms with Gasteiger partial charge in [0.1, 0.15) is 0 Å². The fourth-order valence-electron chi connectivity index (χ4n) is 3.39. The molecule has 0 aliphatic carbocycles. The van der Waals surface area contributed by atoms with Gasteiger partial charge >= 0.3 is 0 Å². The zero-order chi connectivity index (χ0) is 16.4. The van der Waals surface area contributed by atoms with Crippen LogP contribution in [0.1, 0.15) is 115 Å². The molecule has 0 spiro atoms. The van der Waals surface area contributed by atoms with E-state index in [0.29, 0.717) is 0 Å². The molecule has 1 aromatic heterocycles. The van der Waals surface area contributed by atoms with Gasteiger partial charge in [0.25, 0.3) is 0 Å². The molecule has 0 saturated heterocycles. The molecular formula is C22H41N. The van der Waals surface area contributed by atoms with Crippen molar-refractivity contribution in [1.29, 1.82) is 0 Å². The summed E-state index contributed by atoms with van der Waals surface area (Å²) in [6, 6.07) is 4.30. The van der Waals surface area contributed by atoms with Gasteiger partial charge in [0.2, 0.25) is 0 Å². The van der Waals surface area contributed by atoms with E-state index in [9.17, 15) is 0 Å². The molecule has 0 unspecified atom stereocenters. The van der Waals surface area contributed by atoms with E-state index in [-0.39, 0.29) is 0 Å². The molecular weight excluding hydrogens is 278 g/mol. The molecule has 0 saturated carbocycles. The molecule has 1 nitrogen and oxygen atoms in total. The maximum absolute atomic E-state index is 3.29. The van der Waals surface area contributed by atoms with Gasteiger partial charge < -0.3 is 4.98 Å². The molecule has 0 aliphatic rings. The number of aromatic nitrogens is 1. The van der Waals surface area contributed by atoms with Crippen molar-refractivity contribution in [3.05, 3.63) is 24.0 Å². The molecule has 0 bridgehead atoms. The predicted molar refractivity (Wildman–Crippen MR) is 104 cm³/mol. The van der Waals surface area contributed by atoms with Crippen LogP contribution in [0.2, 0.25) is 0 Å². The Labute approximate surface area is 145 Å². The third kappa shape index (κ3) is 13.4.